The molecule has 4 atom stereocenters. The van der Waals surface area contributed by atoms with E-state index in [2.05, 4.69) is 41.5 Å². The number of amides is 1. The Morgan fingerprint density at radius 2 is 1.93 bits per heavy atom. The quantitative estimate of drug-likeness (QED) is 0.649. The molecule has 5 heteroatoms. The van der Waals surface area contributed by atoms with Crippen molar-refractivity contribution in [2.24, 2.45) is 23.7 Å². The topological polar surface area (TPSA) is 44.4 Å². The monoisotopic (exact) mass is 433 g/mol. The van der Waals surface area contributed by atoms with E-state index in [9.17, 15) is 4.79 Å². The highest BCUT2D eigenvalue weighted by Crippen LogP contribution is 2.35. The van der Waals surface area contributed by atoms with Crippen LogP contribution in [0.25, 0.3) is 0 Å². The molecule has 0 aromatic heterocycles. The third kappa shape index (κ3) is 5.31. The van der Waals surface area contributed by atoms with Gasteiger partial charge in [0.15, 0.2) is 0 Å². The number of hydrogen-bond donors (Lipinski definition) is 2. The van der Waals surface area contributed by atoms with Crippen molar-refractivity contribution in [1.29, 1.82) is 0 Å². The van der Waals surface area contributed by atoms with Crippen LogP contribution >= 0.6 is 11.6 Å². The van der Waals surface area contributed by atoms with Crippen molar-refractivity contribution in [3.05, 3.63) is 22.8 Å². The number of fused-ring (bicyclic) bond motifs is 1. The fourth-order valence-electron chi connectivity index (χ4n) is 6.06. The normalized spacial score (nSPS) is 31.8. The van der Waals surface area contributed by atoms with Crippen molar-refractivity contribution in [3.63, 3.8) is 0 Å². The van der Waals surface area contributed by atoms with Crippen molar-refractivity contribution in [3.8, 4) is 0 Å². The Balaban J connectivity index is 1.27. The first kappa shape index (κ1) is 22.4. The van der Waals surface area contributed by atoms with Gasteiger partial charge in [-0.15, -0.1) is 0 Å². The standard InChI is InChI=1S/C25H40ClN3O/c1-17(2)24(28-25(30)22-15-27-23-6-4-3-5-21(22)23)16-29-13-11-19(12-14-29)18-7-9-20(26)10-8-18/h7,9,17,19,21-24,27H,3-6,8,10-16H2,1-2H3,(H,28,30)/t21?,22?,23?,24-/m0/s1. The molecule has 2 saturated heterocycles. The number of nitrogens with one attached hydrogen (secondary N) is 2. The van der Waals surface area contributed by atoms with Crippen molar-refractivity contribution in [2.45, 2.75) is 77.3 Å². The molecule has 0 aromatic rings. The van der Waals surface area contributed by atoms with Crippen LogP contribution in [0, 0.1) is 23.7 Å². The summed E-state index contributed by atoms with van der Waals surface area (Å²) in [6.45, 7) is 8.61. The van der Waals surface area contributed by atoms with Gasteiger partial charge in [-0.3, -0.25) is 4.79 Å². The summed E-state index contributed by atoms with van der Waals surface area (Å²) in [5.41, 5.74) is 1.59. The zero-order valence-electron chi connectivity index (χ0n) is 18.8. The molecule has 0 bridgehead atoms. The van der Waals surface area contributed by atoms with Crippen LogP contribution in [-0.4, -0.2) is 49.1 Å². The van der Waals surface area contributed by atoms with Gasteiger partial charge in [0.2, 0.25) is 5.91 Å². The van der Waals surface area contributed by atoms with Gasteiger partial charge in [-0.1, -0.05) is 49.9 Å². The number of rotatable bonds is 6. The van der Waals surface area contributed by atoms with Crippen molar-refractivity contribution >= 4 is 17.5 Å². The van der Waals surface area contributed by atoms with Gasteiger partial charge >= 0.3 is 0 Å². The number of hydrogen-bond acceptors (Lipinski definition) is 3. The van der Waals surface area contributed by atoms with E-state index < -0.39 is 0 Å². The minimum atomic E-state index is 0.167. The van der Waals surface area contributed by atoms with Crippen LogP contribution < -0.4 is 10.6 Å². The zero-order valence-corrected chi connectivity index (χ0v) is 19.6. The summed E-state index contributed by atoms with van der Waals surface area (Å²) >= 11 is 6.13. The van der Waals surface area contributed by atoms with Gasteiger partial charge in [-0.05, 0) is 75.4 Å². The predicted molar refractivity (Wildman–Crippen MR) is 124 cm³/mol. The molecule has 2 heterocycles. The summed E-state index contributed by atoms with van der Waals surface area (Å²) in [7, 11) is 0. The van der Waals surface area contributed by atoms with Crippen LogP contribution in [0.2, 0.25) is 0 Å². The van der Waals surface area contributed by atoms with Crippen LogP contribution in [0.5, 0.6) is 0 Å². The molecular weight excluding hydrogens is 394 g/mol. The number of carbonyl (C=O) groups is 1. The molecule has 4 nitrogen and oxygen atoms in total. The Labute approximate surface area is 187 Å². The molecule has 0 aromatic carbocycles. The van der Waals surface area contributed by atoms with Gasteiger partial charge in [0, 0.05) is 30.2 Å². The van der Waals surface area contributed by atoms with Gasteiger partial charge in [0.25, 0.3) is 0 Å². The smallest absolute Gasteiger partial charge is 0.225 e. The van der Waals surface area contributed by atoms with Gasteiger partial charge < -0.3 is 15.5 Å². The maximum atomic E-state index is 13.1. The largest absolute Gasteiger partial charge is 0.352 e. The Morgan fingerprint density at radius 3 is 2.63 bits per heavy atom. The average Bonchev–Trinajstić information content (AvgIpc) is 3.19. The van der Waals surface area contributed by atoms with Gasteiger partial charge in [-0.2, -0.15) is 0 Å². The zero-order chi connectivity index (χ0) is 21.1. The molecule has 4 rings (SSSR count). The van der Waals surface area contributed by atoms with E-state index in [4.69, 9.17) is 11.6 Å². The minimum Gasteiger partial charge on any atom is -0.352 e. The third-order valence-corrected chi connectivity index (χ3v) is 8.42. The summed E-state index contributed by atoms with van der Waals surface area (Å²) in [6, 6.07) is 0.817. The second-order valence-corrected chi connectivity index (χ2v) is 10.8. The molecule has 0 spiro atoms. The predicted octanol–water partition coefficient (Wildman–Crippen LogP) is 4.46. The molecule has 1 saturated carbocycles. The van der Waals surface area contributed by atoms with E-state index in [0.717, 1.165) is 44.1 Å². The molecule has 30 heavy (non-hydrogen) atoms. The highest BCUT2D eigenvalue weighted by atomic mass is 35.5. The summed E-state index contributed by atoms with van der Waals surface area (Å²) in [4.78, 5) is 15.7. The molecule has 168 valence electrons. The number of allylic oxidation sites excluding steroid dienone is 4. The van der Waals surface area contributed by atoms with E-state index in [1.165, 1.54) is 38.5 Å². The van der Waals surface area contributed by atoms with Crippen LogP contribution in [0.1, 0.15) is 65.2 Å². The summed E-state index contributed by atoms with van der Waals surface area (Å²) in [5, 5.41) is 8.08. The van der Waals surface area contributed by atoms with Crippen LogP contribution in [0.4, 0.5) is 0 Å². The lowest BCUT2D eigenvalue weighted by Gasteiger charge is -2.37. The van der Waals surface area contributed by atoms with E-state index in [1.54, 1.807) is 5.57 Å². The Morgan fingerprint density at radius 1 is 1.17 bits per heavy atom. The van der Waals surface area contributed by atoms with Crippen LogP contribution in [-0.2, 0) is 4.79 Å². The van der Waals surface area contributed by atoms with Crippen molar-refractivity contribution in [2.75, 3.05) is 26.2 Å². The fraction of sp³-hybridized carbons (Fsp3) is 0.800. The number of piperidine rings is 1. The van der Waals surface area contributed by atoms with Crippen molar-refractivity contribution < 1.29 is 4.79 Å². The highest BCUT2D eigenvalue weighted by molar-refractivity contribution is 6.29. The van der Waals surface area contributed by atoms with Gasteiger partial charge in [0.05, 0.1) is 5.92 Å². The lowest BCUT2D eigenvalue weighted by Crippen LogP contribution is -2.51. The second-order valence-electron chi connectivity index (χ2n) is 10.4. The molecule has 2 N–H and O–H groups in total. The van der Waals surface area contributed by atoms with E-state index in [-0.39, 0.29) is 12.0 Å². The number of nitrogens with zero attached hydrogens (tertiary/aromatic N) is 1. The highest BCUT2D eigenvalue weighted by Gasteiger charge is 2.41. The number of likely N-dealkylation sites (tertiary alicyclic amines) is 1. The summed E-state index contributed by atoms with van der Waals surface area (Å²) in [6.07, 6.45) is 14.0. The fourth-order valence-corrected chi connectivity index (χ4v) is 6.21. The Kier molecular flexibility index (Phi) is 7.59. The Bertz CT molecular complexity index is 665. The SMILES string of the molecule is CC(C)[C@H](CN1CCC(C2=CC=C(Cl)CC2)CC1)NC(=O)C1CNC2CCCCC21. The minimum absolute atomic E-state index is 0.167. The molecule has 3 fully saturated rings. The first-order chi connectivity index (χ1) is 14.5. The maximum absolute atomic E-state index is 13.1. The lowest BCUT2D eigenvalue weighted by molar-refractivity contribution is -0.127. The average molecular weight is 434 g/mol. The lowest BCUT2D eigenvalue weighted by atomic mass is 9.79. The van der Waals surface area contributed by atoms with E-state index in [0.29, 0.717) is 29.7 Å². The number of halogens is 1. The Hall–Kier alpha value is -0.840. The van der Waals surface area contributed by atoms with Crippen LogP contribution in [0.3, 0.4) is 0 Å². The summed E-state index contributed by atoms with van der Waals surface area (Å²) < 4.78 is 0. The van der Waals surface area contributed by atoms with E-state index >= 15 is 0 Å². The van der Waals surface area contributed by atoms with Gasteiger partial charge in [-0.25, -0.2) is 0 Å². The van der Waals surface area contributed by atoms with Crippen LogP contribution in [0.15, 0.2) is 22.8 Å². The molecular formula is C25H40ClN3O. The van der Waals surface area contributed by atoms with Gasteiger partial charge in [0.1, 0.15) is 0 Å². The van der Waals surface area contributed by atoms with Crippen molar-refractivity contribution in [1.82, 2.24) is 15.5 Å². The first-order valence-electron chi connectivity index (χ1n) is 12.3. The molecule has 2 aliphatic heterocycles. The molecule has 3 unspecified atom stereocenters. The molecule has 2 aliphatic carbocycles. The summed E-state index contributed by atoms with van der Waals surface area (Å²) in [5.74, 6) is 2.18. The third-order valence-electron chi connectivity index (χ3n) is 8.10. The maximum Gasteiger partial charge on any atom is 0.225 e. The molecule has 1 amide bonds. The number of carbonyl (C=O) groups excluding carboxylic acids is 1. The van der Waals surface area contributed by atoms with E-state index in [1.807, 2.05) is 0 Å². The molecule has 4 aliphatic rings. The molecule has 0 radical (unpaired) electrons. The second kappa shape index (κ2) is 10.2. The first-order valence-corrected chi connectivity index (χ1v) is 12.7.